The summed E-state index contributed by atoms with van der Waals surface area (Å²) in [6.07, 6.45) is 0. The van der Waals surface area contributed by atoms with Crippen LogP contribution in [0.2, 0.25) is 0 Å². The summed E-state index contributed by atoms with van der Waals surface area (Å²) >= 11 is 0. The molecule has 2 amide bonds. The lowest BCUT2D eigenvalue weighted by atomic mass is 10.1. The lowest BCUT2D eigenvalue weighted by molar-refractivity contribution is 0.249. The molecular weight excluding hydrogens is 299 g/mol. The summed E-state index contributed by atoms with van der Waals surface area (Å²) in [5.41, 5.74) is 2.31. The molecule has 0 aliphatic heterocycles. The molecule has 3 rings (SSSR count). The van der Waals surface area contributed by atoms with Gasteiger partial charge in [-0.2, -0.15) is 0 Å². The Hall–Kier alpha value is -3.09. The van der Waals surface area contributed by atoms with Crippen molar-refractivity contribution in [2.75, 3.05) is 5.32 Å². The first-order chi connectivity index (χ1) is 11.0. The van der Waals surface area contributed by atoms with Crippen LogP contribution < -0.4 is 16.3 Å². The molecule has 0 fully saturated rings. The van der Waals surface area contributed by atoms with E-state index >= 15 is 0 Å². The molecule has 1 unspecified atom stereocenters. The van der Waals surface area contributed by atoms with Crippen molar-refractivity contribution in [1.82, 2.24) is 15.3 Å². The second-order valence-corrected chi connectivity index (χ2v) is 5.21. The predicted molar refractivity (Wildman–Crippen MR) is 85.9 cm³/mol. The molecule has 0 saturated heterocycles. The molecule has 1 heterocycles. The molecule has 0 bridgehead atoms. The number of nitrogens with one attached hydrogen (secondary N) is 4. The number of aromatic amines is 2. The number of carbonyl (C=O) groups is 1. The minimum absolute atomic E-state index is 0.276. The van der Waals surface area contributed by atoms with Crippen molar-refractivity contribution in [1.29, 1.82) is 0 Å². The number of fused-ring (bicyclic) bond motifs is 1. The molecule has 23 heavy (non-hydrogen) atoms. The second kappa shape index (κ2) is 5.96. The Morgan fingerprint density at radius 2 is 1.91 bits per heavy atom. The molecule has 0 radical (unpaired) electrons. The third-order valence-corrected chi connectivity index (χ3v) is 3.47. The van der Waals surface area contributed by atoms with Gasteiger partial charge in [-0.05, 0) is 42.8 Å². The van der Waals surface area contributed by atoms with Crippen LogP contribution in [0, 0.1) is 5.82 Å². The van der Waals surface area contributed by atoms with Crippen molar-refractivity contribution in [2.45, 2.75) is 13.0 Å². The number of rotatable bonds is 3. The maximum absolute atomic E-state index is 13.1. The molecule has 4 N–H and O–H groups in total. The molecule has 7 heteroatoms. The Morgan fingerprint density at radius 1 is 1.13 bits per heavy atom. The summed E-state index contributed by atoms with van der Waals surface area (Å²) in [7, 11) is 0. The largest absolute Gasteiger partial charge is 0.331 e. The smallest absolute Gasteiger partial charge is 0.323 e. The van der Waals surface area contributed by atoms with E-state index in [0.29, 0.717) is 16.7 Å². The Morgan fingerprint density at radius 3 is 2.70 bits per heavy atom. The van der Waals surface area contributed by atoms with Gasteiger partial charge in [0.1, 0.15) is 5.82 Å². The summed E-state index contributed by atoms with van der Waals surface area (Å²) in [4.78, 5) is 28.6. The second-order valence-electron chi connectivity index (χ2n) is 5.21. The summed E-state index contributed by atoms with van der Waals surface area (Å²) in [5.74, 6) is -0.419. The molecule has 0 saturated carbocycles. The third kappa shape index (κ3) is 3.39. The summed E-state index contributed by atoms with van der Waals surface area (Å²) in [6.45, 7) is 1.82. The summed E-state index contributed by atoms with van der Waals surface area (Å²) in [5, 5.41) is 5.33. The van der Waals surface area contributed by atoms with Gasteiger partial charge in [0, 0.05) is 5.69 Å². The van der Waals surface area contributed by atoms with Crippen LogP contribution in [0.15, 0.2) is 47.3 Å². The highest BCUT2D eigenvalue weighted by atomic mass is 19.1. The maximum atomic E-state index is 13.1. The number of amides is 2. The van der Waals surface area contributed by atoms with Crippen LogP contribution in [0.25, 0.3) is 11.0 Å². The van der Waals surface area contributed by atoms with Crippen molar-refractivity contribution < 1.29 is 9.18 Å². The van der Waals surface area contributed by atoms with E-state index < -0.39 is 11.8 Å². The van der Waals surface area contributed by atoms with Crippen LogP contribution in [0.3, 0.4) is 0 Å². The quantitative estimate of drug-likeness (QED) is 0.599. The Balaban J connectivity index is 1.70. The van der Waals surface area contributed by atoms with Crippen molar-refractivity contribution in [3.63, 3.8) is 0 Å². The van der Waals surface area contributed by atoms with Crippen molar-refractivity contribution in [3.8, 4) is 0 Å². The van der Waals surface area contributed by atoms with Gasteiger partial charge in [-0.15, -0.1) is 0 Å². The van der Waals surface area contributed by atoms with Gasteiger partial charge in [-0.3, -0.25) is 0 Å². The highest BCUT2D eigenvalue weighted by molar-refractivity contribution is 5.89. The molecule has 6 nitrogen and oxygen atoms in total. The fourth-order valence-electron chi connectivity index (χ4n) is 2.33. The van der Waals surface area contributed by atoms with E-state index in [9.17, 15) is 14.0 Å². The minimum atomic E-state index is -0.439. The van der Waals surface area contributed by atoms with Gasteiger partial charge in [0.2, 0.25) is 0 Å². The molecule has 2 aromatic carbocycles. The molecule has 0 spiro atoms. The standard InChI is InChI=1S/C16H15FN4O2/c1-9(10-5-6-13-14(7-10)21-16(23)20-13)18-15(22)19-12-4-2-3-11(17)8-12/h2-9H,1H3,(H2,18,19,22)(H2,20,21,23). The molecule has 118 valence electrons. The number of carbonyl (C=O) groups excluding carboxylic acids is 1. The van der Waals surface area contributed by atoms with E-state index in [4.69, 9.17) is 0 Å². The van der Waals surface area contributed by atoms with E-state index in [-0.39, 0.29) is 11.7 Å². The van der Waals surface area contributed by atoms with E-state index in [1.165, 1.54) is 18.2 Å². The average molecular weight is 314 g/mol. The van der Waals surface area contributed by atoms with Crippen LogP contribution >= 0.6 is 0 Å². The summed E-state index contributed by atoms with van der Waals surface area (Å²) < 4.78 is 13.1. The van der Waals surface area contributed by atoms with Crippen LogP contribution in [-0.4, -0.2) is 16.0 Å². The minimum Gasteiger partial charge on any atom is -0.331 e. The highest BCUT2D eigenvalue weighted by Gasteiger charge is 2.11. The topological polar surface area (TPSA) is 89.8 Å². The van der Waals surface area contributed by atoms with Crippen LogP contribution in [0.4, 0.5) is 14.9 Å². The lowest BCUT2D eigenvalue weighted by Gasteiger charge is -2.15. The highest BCUT2D eigenvalue weighted by Crippen LogP contribution is 2.17. The van der Waals surface area contributed by atoms with Crippen LogP contribution in [0.5, 0.6) is 0 Å². The van der Waals surface area contributed by atoms with Crippen molar-refractivity contribution in [2.24, 2.45) is 0 Å². The Labute approximate surface area is 130 Å². The van der Waals surface area contributed by atoms with Gasteiger partial charge in [0.25, 0.3) is 0 Å². The van der Waals surface area contributed by atoms with Crippen molar-refractivity contribution in [3.05, 3.63) is 64.3 Å². The van der Waals surface area contributed by atoms with Crippen molar-refractivity contribution >= 4 is 22.8 Å². The number of anilines is 1. The summed E-state index contributed by atoms with van der Waals surface area (Å²) in [6, 6.07) is 10.3. The number of halogens is 1. The number of H-pyrrole nitrogens is 2. The van der Waals surface area contributed by atoms with Gasteiger partial charge in [-0.1, -0.05) is 12.1 Å². The Kier molecular flexibility index (Phi) is 3.84. The zero-order valence-electron chi connectivity index (χ0n) is 12.3. The normalized spacial score (nSPS) is 12.1. The van der Waals surface area contributed by atoms with Gasteiger partial charge in [-0.25, -0.2) is 14.0 Å². The molecular formula is C16H15FN4O2. The zero-order valence-corrected chi connectivity index (χ0v) is 12.3. The molecule has 3 aromatic rings. The lowest BCUT2D eigenvalue weighted by Crippen LogP contribution is -2.31. The number of hydrogen-bond acceptors (Lipinski definition) is 2. The number of aromatic nitrogens is 2. The van der Waals surface area contributed by atoms with Gasteiger partial charge in [0.15, 0.2) is 0 Å². The first-order valence-electron chi connectivity index (χ1n) is 7.06. The number of urea groups is 1. The maximum Gasteiger partial charge on any atom is 0.323 e. The van der Waals surface area contributed by atoms with E-state index in [0.717, 1.165) is 5.56 Å². The molecule has 0 aliphatic carbocycles. The average Bonchev–Trinajstić information content (AvgIpc) is 2.86. The SMILES string of the molecule is CC(NC(=O)Nc1cccc(F)c1)c1ccc2[nH]c(=O)[nH]c2c1. The predicted octanol–water partition coefficient (Wildman–Crippen LogP) is 2.88. The molecule has 1 aromatic heterocycles. The number of hydrogen-bond donors (Lipinski definition) is 4. The zero-order chi connectivity index (χ0) is 16.4. The van der Waals surface area contributed by atoms with Gasteiger partial charge >= 0.3 is 11.7 Å². The fourth-order valence-corrected chi connectivity index (χ4v) is 2.33. The Bertz CT molecular complexity index is 916. The van der Waals surface area contributed by atoms with Gasteiger partial charge in [0.05, 0.1) is 17.1 Å². The van der Waals surface area contributed by atoms with E-state index in [1.807, 2.05) is 13.0 Å². The monoisotopic (exact) mass is 314 g/mol. The van der Waals surface area contributed by atoms with Crippen LogP contribution in [-0.2, 0) is 0 Å². The fraction of sp³-hybridized carbons (Fsp3) is 0.125. The number of imidazole rings is 1. The number of benzene rings is 2. The van der Waals surface area contributed by atoms with Crippen LogP contribution in [0.1, 0.15) is 18.5 Å². The van der Waals surface area contributed by atoms with E-state index in [1.54, 1.807) is 18.2 Å². The first-order valence-corrected chi connectivity index (χ1v) is 7.06. The third-order valence-electron chi connectivity index (χ3n) is 3.47. The molecule has 0 aliphatic rings. The molecule has 1 atom stereocenters. The first kappa shape index (κ1) is 14.8. The van der Waals surface area contributed by atoms with Gasteiger partial charge < -0.3 is 20.6 Å². The van der Waals surface area contributed by atoms with E-state index in [2.05, 4.69) is 20.6 Å².